The molecule has 55 heavy (non-hydrogen) atoms. The average Bonchev–Trinajstić information content (AvgIpc) is 3.56. The normalized spacial score (nSPS) is 12.9. The Balaban J connectivity index is 1.27. The smallest absolute Gasteiger partial charge is 0.161 e. The molecule has 0 unspecified atom stereocenters. The fourth-order valence-electron chi connectivity index (χ4n) is 9.05. The van der Waals surface area contributed by atoms with Gasteiger partial charge in [-0.15, -0.1) is 0 Å². The molecule has 2 nitrogen and oxygen atoms in total. The summed E-state index contributed by atoms with van der Waals surface area (Å²) >= 11 is 0. The average molecular weight is 699 g/mol. The summed E-state index contributed by atoms with van der Waals surface area (Å²) in [4.78, 5) is 11.1. The van der Waals surface area contributed by atoms with Gasteiger partial charge in [-0.25, -0.2) is 9.97 Å². The lowest BCUT2D eigenvalue weighted by Crippen LogP contribution is -2.28. The predicted octanol–water partition coefficient (Wildman–Crippen LogP) is 13.3. The van der Waals surface area contributed by atoms with Crippen molar-refractivity contribution in [1.82, 2.24) is 9.97 Å². The van der Waals surface area contributed by atoms with Gasteiger partial charge in [-0.2, -0.15) is 0 Å². The van der Waals surface area contributed by atoms with Crippen molar-refractivity contribution in [3.63, 3.8) is 0 Å². The minimum Gasteiger partial charge on any atom is -0.228 e. The molecule has 1 aliphatic rings. The predicted molar refractivity (Wildman–Crippen MR) is 228 cm³/mol. The zero-order valence-electron chi connectivity index (χ0n) is 30.0. The van der Waals surface area contributed by atoms with Crippen molar-refractivity contribution >= 4 is 32.3 Å². The molecule has 256 valence electrons. The van der Waals surface area contributed by atoms with E-state index in [0.717, 1.165) is 38.9 Å². The van der Waals surface area contributed by atoms with Crippen LogP contribution in [0.1, 0.15) is 22.3 Å². The van der Waals surface area contributed by atoms with Crippen molar-refractivity contribution in [3.05, 3.63) is 229 Å². The summed E-state index contributed by atoms with van der Waals surface area (Å²) in [5.41, 5.74) is 11.8. The maximum absolute atomic E-state index is 5.55. The Kier molecular flexibility index (Phi) is 7.11. The number of fused-ring (bicyclic) bond motifs is 6. The van der Waals surface area contributed by atoms with Crippen LogP contribution in [-0.4, -0.2) is 9.97 Å². The zero-order chi connectivity index (χ0) is 36.3. The Hall–Kier alpha value is -7.16. The van der Waals surface area contributed by atoms with E-state index in [1.807, 2.05) is 0 Å². The lowest BCUT2D eigenvalue weighted by molar-refractivity contribution is 0.769. The zero-order valence-corrected chi connectivity index (χ0v) is 30.0. The van der Waals surface area contributed by atoms with Crippen molar-refractivity contribution in [2.24, 2.45) is 0 Å². The first-order valence-corrected chi connectivity index (χ1v) is 18.9. The van der Waals surface area contributed by atoms with E-state index in [4.69, 9.17) is 9.97 Å². The Morgan fingerprint density at radius 1 is 0.327 bits per heavy atom. The molecule has 9 aromatic carbocycles. The SMILES string of the molecule is c1ccc(C2(c3ccccc3)c3ccccc3-c3c2cc2ccccc2c3-c2nc(-c3ccc4ccccc4c3)cc(-c3ccc4ccccc4c3)n2)cc1. The second-order valence-corrected chi connectivity index (χ2v) is 14.5. The second kappa shape index (κ2) is 12.5. The third kappa shape index (κ3) is 4.89. The van der Waals surface area contributed by atoms with Gasteiger partial charge in [0.25, 0.3) is 0 Å². The first-order valence-electron chi connectivity index (χ1n) is 18.9. The van der Waals surface area contributed by atoms with Crippen LogP contribution in [0.5, 0.6) is 0 Å². The molecule has 0 bridgehead atoms. The van der Waals surface area contributed by atoms with Crippen LogP contribution in [-0.2, 0) is 5.41 Å². The van der Waals surface area contributed by atoms with Crippen LogP contribution in [0.3, 0.4) is 0 Å². The van der Waals surface area contributed by atoms with Gasteiger partial charge in [0.15, 0.2) is 5.82 Å². The van der Waals surface area contributed by atoms with Gasteiger partial charge >= 0.3 is 0 Å². The minimum atomic E-state index is -0.551. The molecule has 0 atom stereocenters. The number of nitrogens with zero attached hydrogens (tertiary/aromatic N) is 2. The van der Waals surface area contributed by atoms with Gasteiger partial charge < -0.3 is 0 Å². The summed E-state index contributed by atoms with van der Waals surface area (Å²) in [5, 5.41) is 7.07. The van der Waals surface area contributed by atoms with Crippen LogP contribution in [0, 0.1) is 0 Å². The van der Waals surface area contributed by atoms with Crippen molar-refractivity contribution in [2.75, 3.05) is 0 Å². The lowest BCUT2D eigenvalue weighted by atomic mass is 9.67. The Labute approximate surface area is 320 Å². The van der Waals surface area contributed by atoms with Gasteiger partial charge in [0, 0.05) is 16.7 Å². The van der Waals surface area contributed by atoms with Gasteiger partial charge in [0.2, 0.25) is 0 Å². The van der Waals surface area contributed by atoms with E-state index in [0.29, 0.717) is 5.82 Å². The summed E-state index contributed by atoms with van der Waals surface area (Å²) in [6.45, 7) is 0. The monoisotopic (exact) mass is 698 g/mol. The van der Waals surface area contributed by atoms with Crippen molar-refractivity contribution in [1.29, 1.82) is 0 Å². The maximum atomic E-state index is 5.55. The highest BCUT2D eigenvalue weighted by Gasteiger charge is 2.47. The molecule has 1 aromatic heterocycles. The number of rotatable bonds is 5. The van der Waals surface area contributed by atoms with Crippen LogP contribution >= 0.6 is 0 Å². The highest BCUT2D eigenvalue weighted by Crippen LogP contribution is 2.59. The van der Waals surface area contributed by atoms with Gasteiger partial charge in [-0.05, 0) is 90.0 Å². The molecular formula is C53H34N2. The highest BCUT2D eigenvalue weighted by molar-refractivity contribution is 6.08. The van der Waals surface area contributed by atoms with E-state index >= 15 is 0 Å². The van der Waals surface area contributed by atoms with Crippen molar-refractivity contribution in [2.45, 2.75) is 5.41 Å². The summed E-state index contributed by atoms with van der Waals surface area (Å²) in [6.07, 6.45) is 0. The van der Waals surface area contributed by atoms with Crippen LogP contribution < -0.4 is 0 Å². The summed E-state index contributed by atoms with van der Waals surface area (Å²) in [5.74, 6) is 0.716. The molecule has 2 heteroatoms. The lowest BCUT2D eigenvalue weighted by Gasteiger charge is -2.34. The molecule has 0 fully saturated rings. The first-order chi connectivity index (χ1) is 27.3. The molecule has 0 saturated carbocycles. The van der Waals surface area contributed by atoms with Crippen LogP contribution in [0.2, 0.25) is 0 Å². The Bertz CT molecular complexity index is 2950. The molecule has 1 heterocycles. The van der Waals surface area contributed by atoms with Gasteiger partial charge in [0.05, 0.1) is 16.8 Å². The van der Waals surface area contributed by atoms with Crippen LogP contribution in [0.25, 0.3) is 77.3 Å². The fourth-order valence-corrected chi connectivity index (χ4v) is 9.05. The molecule has 0 aliphatic heterocycles. The summed E-state index contributed by atoms with van der Waals surface area (Å²) in [7, 11) is 0. The topological polar surface area (TPSA) is 25.8 Å². The largest absolute Gasteiger partial charge is 0.228 e. The number of hydrogen-bond donors (Lipinski definition) is 0. The third-order valence-corrected chi connectivity index (χ3v) is 11.5. The molecule has 0 saturated heterocycles. The van der Waals surface area contributed by atoms with E-state index in [2.05, 4.69) is 206 Å². The molecule has 0 N–H and O–H groups in total. The van der Waals surface area contributed by atoms with E-state index in [-0.39, 0.29) is 0 Å². The Morgan fingerprint density at radius 2 is 0.818 bits per heavy atom. The summed E-state index contributed by atoms with van der Waals surface area (Å²) in [6, 6.07) is 74.6. The molecule has 0 amide bonds. The second-order valence-electron chi connectivity index (χ2n) is 14.5. The molecule has 0 spiro atoms. The van der Waals surface area contributed by atoms with E-state index in [9.17, 15) is 0 Å². The first kappa shape index (κ1) is 31.4. The molecule has 11 rings (SSSR count). The Morgan fingerprint density at radius 3 is 1.42 bits per heavy atom. The quantitative estimate of drug-likeness (QED) is 0.179. The number of benzene rings is 9. The fraction of sp³-hybridized carbons (Fsp3) is 0.0189. The minimum absolute atomic E-state index is 0.551. The number of aromatic nitrogens is 2. The molecule has 0 radical (unpaired) electrons. The van der Waals surface area contributed by atoms with E-state index in [1.165, 1.54) is 54.9 Å². The van der Waals surface area contributed by atoms with Gasteiger partial charge in [-0.1, -0.05) is 182 Å². The van der Waals surface area contributed by atoms with Crippen molar-refractivity contribution in [3.8, 4) is 45.0 Å². The van der Waals surface area contributed by atoms with Gasteiger partial charge in [-0.3, -0.25) is 0 Å². The van der Waals surface area contributed by atoms with Crippen LogP contribution in [0.4, 0.5) is 0 Å². The standard InChI is InChI=1S/C53H34N2/c1-3-20-42(21-4-1)53(43-22-5-2-6-23-43)46-26-14-13-25-45(46)50-47(53)33-39-19-11-12-24-44(39)51(50)52-54-48(40-29-27-35-15-7-9-17-37(35)31-40)34-49(55-52)41-30-28-36-16-8-10-18-38(36)32-41/h1-34H. The highest BCUT2D eigenvalue weighted by atomic mass is 14.9. The number of hydrogen-bond acceptors (Lipinski definition) is 2. The summed E-state index contributed by atoms with van der Waals surface area (Å²) < 4.78 is 0. The third-order valence-electron chi connectivity index (χ3n) is 11.5. The van der Waals surface area contributed by atoms with Crippen molar-refractivity contribution < 1.29 is 0 Å². The van der Waals surface area contributed by atoms with E-state index in [1.54, 1.807) is 0 Å². The van der Waals surface area contributed by atoms with Gasteiger partial charge in [0.1, 0.15) is 0 Å². The molecular weight excluding hydrogens is 665 g/mol. The van der Waals surface area contributed by atoms with Crippen LogP contribution in [0.15, 0.2) is 206 Å². The maximum Gasteiger partial charge on any atom is 0.161 e. The molecule has 1 aliphatic carbocycles. The molecule has 10 aromatic rings. The van der Waals surface area contributed by atoms with E-state index < -0.39 is 5.41 Å².